The van der Waals surface area contributed by atoms with Crippen molar-refractivity contribution in [3.63, 3.8) is 0 Å². The molecule has 4 rings (SSSR count). The van der Waals surface area contributed by atoms with Gasteiger partial charge in [0.2, 0.25) is 0 Å². The first kappa shape index (κ1) is 13.7. The van der Waals surface area contributed by atoms with E-state index in [4.69, 9.17) is 20.4 Å². The Labute approximate surface area is 125 Å². The molecule has 0 aromatic heterocycles. The van der Waals surface area contributed by atoms with Crippen molar-refractivity contribution in [1.29, 1.82) is 0 Å². The number of hydrogen-bond donors (Lipinski definition) is 0. The lowest BCUT2D eigenvalue weighted by Gasteiger charge is -2.53. The predicted octanol–water partition coefficient (Wildman–Crippen LogP) is 2.06. The highest BCUT2D eigenvalue weighted by molar-refractivity contribution is 6.40. The molecule has 2 nitrogen and oxygen atoms in total. The van der Waals surface area contributed by atoms with Crippen molar-refractivity contribution in [2.45, 2.75) is 62.3 Å². The van der Waals surface area contributed by atoms with Crippen molar-refractivity contribution in [2.75, 3.05) is 19.7 Å². The van der Waals surface area contributed by atoms with E-state index in [1.165, 1.54) is 38.5 Å². The zero-order valence-electron chi connectivity index (χ0n) is 12.5. The molecular formula is C16H25B2NO. The summed E-state index contributed by atoms with van der Waals surface area (Å²) in [4.78, 5) is 2.41. The van der Waals surface area contributed by atoms with Crippen molar-refractivity contribution in [2.24, 2.45) is 17.8 Å². The number of likely N-dealkylation sites (tertiary alicyclic amines) is 1. The van der Waals surface area contributed by atoms with Crippen molar-refractivity contribution in [1.82, 2.24) is 4.90 Å². The van der Waals surface area contributed by atoms with Gasteiger partial charge in [-0.05, 0) is 62.7 Å². The first-order valence-corrected chi connectivity index (χ1v) is 8.56. The monoisotopic (exact) mass is 269 g/mol. The Morgan fingerprint density at radius 1 is 1.00 bits per heavy atom. The van der Waals surface area contributed by atoms with Gasteiger partial charge in [-0.15, -0.1) is 0 Å². The first-order chi connectivity index (χ1) is 9.59. The zero-order chi connectivity index (χ0) is 13.8. The Hall–Kier alpha value is 0.0499. The fraction of sp³-hybridized carbons (Fsp3) is 1.00. The SMILES string of the molecule is [B]C([B])(C1CCOC2(CCC2)C1)N1CC2CCCC2C1. The van der Waals surface area contributed by atoms with E-state index in [9.17, 15) is 0 Å². The van der Waals surface area contributed by atoms with E-state index in [2.05, 4.69) is 4.90 Å². The third-order valence-corrected chi connectivity index (χ3v) is 6.69. The molecule has 2 aliphatic carbocycles. The molecule has 4 aliphatic rings. The van der Waals surface area contributed by atoms with Crippen LogP contribution in [0.15, 0.2) is 0 Å². The van der Waals surface area contributed by atoms with Crippen LogP contribution >= 0.6 is 0 Å². The highest BCUT2D eigenvalue weighted by Crippen LogP contribution is 2.48. The van der Waals surface area contributed by atoms with Crippen LogP contribution in [-0.2, 0) is 4.74 Å². The van der Waals surface area contributed by atoms with Gasteiger partial charge < -0.3 is 9.64 Å². The smallest absolute Gasteiger partial charge is 0.0828 e. The largest absolute Gasteiger partial charge is 0.375 e. The van der Waals surface area contributed by atoms with Crippen LogP contribution in [0.3, 0.4) is 0 Å². The van der Waals surface area contributed by atoms with Gasteiger partial charge in [0, 0.05) is 19.7 Å². The van der Waals surface area contributed by atoms with Crippen LogP contribution in [-0.4, -0.2) is 51.2 Å². The van der Waals surface area contributed by atoms with Crippen LogP contribution in [0.5, 0.6) is 0 Å². The summed E-state index contributed by atoms with van der Waals surface area (Å²) >= 11 is 0. The second-order valence-corrected chi connectivity index (χ2v) is 7.82. The molecular weight excluding hydrogens is 244 g/mol. The number of rotatable bonds is 2. The topological polar surface area (TPSA) is 12.5 Å². The normalized spacial score (nSPS) is 40.7. The summed E-state index contributed by atoms with van der Waals surface area (Å²) < 4.78 is 6.03. The minimum Gasteiger partial charge on any atom is -0.375 e. The summed E-state index contributed by atoms with van der Waals surface area (Å²) in [6.07, 6.45) is 10.0. The molecule has 0 amide bonds. The molecule has 0 N–H and O–H groups in total. The zero-order valence-corrected chi connectivity index (χ0v) is 12.5. The van der Waals surface area contributed by atoms with E-state index in [1.54, 1.807) is 0 Å². The van der Waals surface area contributed by atoms with Gasteiger partial charge in [-0.25, -0.2) is 0 Å². The molecule has 4 radical (unpaired) electrons. The Balaban J connectivity index is 1.46. The second-order valence-electron chi connectivity index (χ2n) is 7.82. The van der Waals surface area contributed by atoms with E-state index >= 15 is 0 Å². The van der Waals surface area contributed by atoms with Crippen LogP contribution in [0.4, 0.5) is 0 Å². The highest BCUT2D eigenvalue weighted by atomic mass is 16.5. The average Bonchev–Trinajstić information content (AvgIpc) is 2.98. The number of nitrogens with zero attached hydrogens (tertiary/aromatic N) is 1. The molecule has 0 bridgehead atoms. The third kappa shape index (κ3) is 2.09. The van der Waals surface area contributed by atoms with Crippen molar-refractivity contribution < 1.29 is 4.74 Å². The number of hydrogen-bond acceptors (Lipinski definition) is 2. The summed E-state index contributed by atoms with van der Waals surface area (Å²) in [7, 11) is 13.3. The minimum absolute atomic E-state index is 0.141. The second kappa shape index (κ2) is 4.78. The molecule has 20 heavy (non-hydrogen) atoms. The number of ether oxygens (including phenoxy) is 1. The van der Waals surface area contributed by atoms with Gasteiger partial charge >= 0.3 is 0 Å². The molecule has 2 heterocycles. The molecule has 2 aliphatic heterocycles. The van der Waals surface area contributed by atoms with Crippen LogP contribution in [0.2, 0.25) is 0 Å². The lowest BCUT2D eigenvalue weighted by atomic mass is 9.50. The Bertz CT molecular complexity index is 371. The third-order valence-electron chi connectivity index (χ3n) is 6.69. The summed E-state index contributed by atoms with van der Waals surface area (Å²) in [5.74, 6) is 2.12. The molecule has 3 unspecified atom stereocenters. The van der Waals surface area contributed by atoms with Crippen molar-refractivity contribution >= 4 is 15.7 Å². The van der Waals surface area contributed by atoms with Crippen LogP contribution in [0.1, 0.15) is 51.4 Å². The fourth-order valence-corrected chi connectivity index (χ4v) is 5.15. The van der Waals surface area contributed by atoms with Gasteiger partial charge in [0.1, 0.15) is 0 Å². The van der Waals surface area contributed by atoms with Crippen LogP contribution in [0.25, 0.3) is 0 Å². The summed E-state index contributed by atoms with van der Waals surface area (Å²) in [5, 5.41) is -0.614. The highest BCUT2D eigenvalue weighted by Gasteiger charge is 2.49. The van der Waals surface area contributed by atoms with E-state index in [0.29, 0.717) is 5.92 Å². The summed E-state index contributed by atoms with van der Waals surface area (Å²) in [6.45, 7) is 3.10. The average molecular weight is 269 g/mol. The number of fused-ring (bicyclic) bond motifs is 1. The molecule has 0 aromatic rings. The maximum absolute atomic E-state index is 6.65. The lowest BCUT2D eigenvalue weighted by molar-refractivity contribution is -0.150. The quantitative estimate of drug-likeness (QED) is 0.711. The predicted molar refractivity (Wildman–Crippen MR) is 81.9 cm³/mol. The standard InChI is InChI=1S/C16H25B2NO/c17-16(18,19-10-12-3-1-4-13(12)11-19)14-5-8-20-15(9-14)6-2-7-15/h12-14H,1-11H2. The van der Waals surface area contributed by atoms with Gasteiger partial charge in [-0.2, -0.15) is 0 Å². The van der Waals surface area contributed by atoms with Crippen molar-refractivity contribution in [3.05, 3.63) is 0 Å². The molecule has 106 valence electrons. The molecule has 4 heteroatoms. The van der Waals surface area contributed by atoms with Crippen LogP contribution in [0, 0.1) is 17.8 Å². The maximum atomic E-state index is 6.65. The van der Waals surface area contributed by atoms with Gasteiger partial charge in [0.25, 0.3) is 0 Å². The van der Waals surface area contributed by atoms with Gasteiger partial charge in [0.05, 0.1) is 21.3 Å². The fourth-order valence-electron chi connectivity index (χ4n) is 5.15. The summed E-state index contributed by atoms with van der Waals surface area (Å²) in [6, 6.07) is 0. The molecule has 2 saturated heterocycles. The molecule has 3 atom stereocenters. The Kier molecular flexibility index (Phi) is 3.27. The molecule has 4 fully saturated rings. The van der Waals surface area contributed by atoms with Gasteiger partial charge in [-0.1, -0.05) is 11.8 Å². The Morgan fingerprint density at radius 2 is 1.70 bits per heavy atom. The van der Waals surface area contributed by atoms with Gasteiger partial charge in [-0.3, -0.25) is 0 Å². The van der Waals surface area contributed by atoms with E-state index < -0.39 is 5.34 Å². The van der Waals surface area contributed by atoms with Gasteiger partial charge in [0.15, 0.2) is 0 Å². The molecule has 0 aromatic carbocycles. The maximum Gasteiger partial charge on any atom is 0.0828 e. The summed E-state index contributed by atoms with van der Waals surface area (Å²) in [5.41, 5.74) is 0.141. The van der Waals surface area contributed by atoms with E-state index in [-0.39, 0.29) is 5.60 Å². The van der Waals surface area contributed by atoms with E-state index in [0.717, 1.165) is 44.4 Å². The first-order valence-electron chi connectivity index (χ1n) is 8.56. The minimum atomic E-state index is -0.614. The Morgan fingerprint density at radius 3 is 2.30 bits per heavy atom. The van der Waals surface area contributed by atoms with Crippen LogP contribution < -0.4 is 0 Å². The lowest BCUT2D eigenvalue weighted by Crippen LogP contribution is -2.59. The van der Waals surface area contributed by atoms with Crippen molar-refractivity contribution in [3.8, 4) is 0 Å². The van der Waals surface area contributed by atoms with E-state index in [1.807, 2.05) is 0 Å². The molecule has 1 spiro atoms. The molecule has 2 saturated carbocycles.